The quantitative estimate of drug-likeness (QED) is 0.128. The molecule has 9 heteroatoms. The molecule has 2 atom stereocenters. The summed E-state index contributed by atoms with van der Waals surface area (Å²) in [5, 5.41) is 19.3. The number of likely N-dealkylation sites (tertiary alicyclic amines) is 1. The SMILES string of the molecule is C=CN=C1NC(c2ccc(NC(=O)c3cc(CN4CCCC(NC(O)C=C)C4)ccn3)cc2)=CC1=C(C)C.[CH2-]CC.[CH2-]CC.[U+2]. The molecule has 240 valence electrons. The van der Waals surface area contributed by atoms with E-state index in [1.165, 1.54) is 12.3 Å². The number of benzene rings is 1. The zero-order valence-corrected chi connectivity index (χ0v) is 31.6. The summed E-state index contributed by atoms with van der Waals surface area (Å²) in [4.78, 5) is 23.9. The Hall–Kier alpha value is -2.80. The largest absolute Gasteiger partial charge is 2.00 e. The van der Waals surface area contributed by atoms with Crippen molar-refractivity contribution in [1.82, 2.24) is 20.5 Å². The maximum atomic E-state index is 12.9. The predicted molar refractivity (Wildman–Crippen MR) is 185 cm³/mol. The van der Waals surface area contributed by atoms with Gasteiger partial charge in [0.25, 0.3) is 5.91 Å². The van der Waals surface area contributed by atoms with Gasteiger partial charge in [0.05, 0.1) is 0 Å². The Morgan fingerprint density at radius 3 is 2.47 bits per heavy atom. The molecule has 1 saturated heterocycles. The number of aromatic nitrogens is 1. The van der Waals surface area contributed by atoms with Crippen LogP contribution in [0.25, 0.3) is 5.70 Å². The number of hydrogen-bond donors (Lipinski definition) is 4. The Kier molecular flexibility index (Phi) is 19.5. The van der Waals surface area contributed by atoms with Gasteiger partial charge in [0.1, 0.15) is 17.8 Å². The van der Waals surface area contributed by atoms with E-state index >= 15 is 0 Å². The van der Waals surface area contributed by atoms with Crippen molar-refractivity contribution in [2.75, 3.05) is 18.4 Å². The van der Waals surface area contributed by atoms with Crippen LogP contribution in [-0.4, -0.2) is 52.1 Å². The van der Waals surface area contributed by atoms with Gasteiger partial charge in [-0.1, -0.05) is 44.7 Å². The number of anilines is 1. The number of nitrogens with zero attached hydrogens (tertiary/aromatic N) is 3. The smallest absolute Gasteiger partial charge is 0.375 e. The molecule has 1 aromatic heterocycles. The number of carbonyl (C=O) groups excluding carboxylic acids is 1. The number of aliphatic hydroxyl groups is 1. The molecule has 2 aliphatic heterocycles. The van der Waals surface area contributed by atoms with E-state index in [4.69, 9.17) is 0 Å². The predicted octanol–water partition coefficient (Wildman–Crippen LogP) is 6.68. The standard InChI is InChI=1S/C30H36N6O2.2C3H7.U/c1-5-28(37)33-24-8-7-15-36(19-24)18-21-13-14-32-27(16-21)30(38)34-23-11-9-22(10-12-23)26-17-25(20(3)4)29(35-26)31-6-2;2*1-3-2;/h5-6,9-14,16-17,24,28,33,37H,1-2,7-8,15,18-19H2,3-4H3,(H,31,35)(H,34,38);2*1,3H2,2H3;/q;2*-1;+2. The van der Waals surface area contributed by atoms with E-state index in [1.54, 1.807) is 6.20 Å². The number of amidine groups is 1. The molecule has 2 aliphatic rings. The molecular formula is C36H50N6O2U. The number of aliphatic imine (C=N–C) groups is 1. The minimum atomic E-state index is -0.699. The summed E-state index contributed by atoms with van der Waals surface area (Å²) in [6, 6.07) is 11.7. The van der Waals surface area contributed by atoms with Crippen LogP contribution >= 0.6 is 0 Å². The van der Waals surface area contributed by atoms with Gasteiger partial charge in [0, 0.05) is 48.5 Å². The van der Waals surface area contributed by atoms with Crippen molar-refractivity contribution in [2.45, 2.75) is 72.2 Å². The maximum absolute atomic E-state index is 12.9. The van der Waals surface area contributed by atoms with Crippen LogP contribution in [0.2, 0.25) is 0 Å². The zero-order chi connectivity index (χ0) is 32.5. The minimum absolute atomic E-state index is 0. The van der Waals surface area contributed by atoms with Crippen LogP contribution in [0.1, 0.15) is 75.0 Å². The van der Waals surface area contributed by atoms with Gasteiger partial charge in [-0.05, 0) is 80.8 Å². The van der Waals surface area contributed by atoms with Gasteiger partial charge in [-0.15, -0.1) is 0 Å². The van der Waals surface area contributed by atoms with Gasteiger partial charge >= 0.3 is 31.1 Å². The summed E-state index contributed by atoms with van der Waals surface area (Å²) >= 11 is 0. The summed E-state index contributed by atoms with van der Waals surface area (Å²) in [5.41, 5.74) is 6.24. The van der Waals surface area contributed by atoms with Crippen LogP contribution in [0.5, 0.6) is 0 Å². The van der Waals surface area contributed by atoms with Gasteiger partial charge in [-0.2, -0.15) is 12.8 Å². The molecule has 0 aliphatic carbocycles. The molecule has 0 bridgehead atoms. The summed E-state index contributed by atoms with van der Waals surface area (Å²) < 4.78 is 0. The first-order valence-electron chi connectivity index (χ1n) is 15.3. The normalized spacial score (nSPS) is 17.2. The summed E-state index contributed by atoms with van der Waals surface area (Å²) in [5.74, 6) is 0.529. The molecule has 0 radical (unpaired) electrons. The number of carbonyl (C=O) groups is 1. The molecule has 4 rings (SSSR count). The molecule has 1 fully saturated rings. The minimum Gasteiger partial charge on any atom is -0.375 e. The molecular weight excluding hydrogens is 786 g/mol. The van der Waals surface area contributed by atoms with Gasteiger partial charge in [0.15, 0.2) is 0 Å². The first kappa shape index (κ1) is 40.2. The van der Waals surface area contributed by atoms with E-state index < -0.39 is 6.23 Å². The van der Waals surface area contributed by atoms with Crippen LogP contribution in [0.15, 0.2) is 90.2 Å². The fourth-order valence-corrected chi connectivity index (χ4v) is 4.70. The molecule has 1 aromatic carbocycles. The van der Waals surface area contributed by atoms with Crippen molar-refractivity contribution < 1.29 is 41.0 Å². The average Bonchev–Trinajstić information content (AvgIpc) is 3.43. The van der Waals surface area contributed by atoms with Gasteiger partial charge in [0.2, 0.25) is 0 Å². The second-order valence-electron chi connectivity index (χ2n) is 10.8. The molecule has 3 heterocycles. The molecule has 45 heavy (non-hydrogen) atoms. The van der Waals surface area contributed by atoms with Gasteiger partial charge in [-0.25, -0.2) is 4.99 Å². The maximum Gasteiger partial charge on any atom is 2.00 e. The number of amides is 1. The third kappa shape index (κ3) is 13.6. The van der Waals surface area contributed by atoms with Gasteiger partial charge in [-0.3, -0.25) is 20.0 Å². The van der Waals surface area contributed by atoms with Crippen LogP contribution in [0.4, 0.5) is 5.69 Å². The topological polar surface area (TPSA) is 102 Å². The number of hydrogen-bond acceptors (Lipinski definition) is 6. The fourth-order valence-electron chi connectivity index (χ4n) is 4.70. The van der Waals surface area contributed by atoms with E-state index in [-0.39, 0.29) is 43.1 Å². The van der Waals surface area contributed by atoms with Crippen LogP contribution in [0, 0.1) is 45.0 Å². The van der Waals surface area contributed by atoms with E-state index in [0.29, 0.717) is 17.9 Å². The Labute approximate surface area is 294 Å². The molecule has 4 N–H and O–H groups in total. The third-order valence-corrected chi connectivity index (χ3v) is 6.61. The fraction of sp³-hybridized carbons (Fsp3) is 0.361. The molecule has 2 unspecified atom stereocenters. The number of aliphatic hydroxyl groups excluding tert-OH is 1. The summed E-state index contributed by atoms with van der Waals surface area (Å²) in [7, 11) is 0. The molecule has 1 amide bonds. The van der Waals surface area contributed by atoms with Crippen LogP contribution in [0.3, 0.4) is 0 Å². The van der Waals surface area contributed by atoms with Crippen molar-refractivity contribution in [3.05, 3.63) is 116 Å². The Balaban J connectivity index is 0.00000134. The van der Waals surface area contributed by atoms with E-state index in [2.05, 4.69) is 63.9 Å². The zero-order valence-electron chi connectivity index (χ0n) is 27.4. The van der Waals surface area contributed by atoms with Crippen LogP contribution in [-0.2, 0) is 6.54 Å². The monoisotopic (exact) mass is 836 g/mol. The van der Waals surface area contributed by atoms with E-state index in [0.717, 1.165) is 72.6 Å². The Bertz CT molecular complexity index is 1310. The average molecular weight is 837 g/mol. The second kappa shape index (κ2) is 21.9. The van der Waals surface area contributed by atoms with E-state index in [9.17, 15) is 9.90 Å². The van der Waals surface area contributed by atoms with Gasteiger partial charge < -0.3 is 29.6 Å². The second-order valence-corrected chi connectivity index (χ2v) is 10.8. The first-order chi connectivity index (χ1) is 21.2. The van der Waals surface area contributed by atoms with Crippen molar-refractivity contribution in [3.63, 3.8) is 0 Å². The Morgan fingerprint density at radius 2 is 1.87 bits per heavy atom. The number of allylic oxidation sites excluding steroid dienone is 1. The van der Waals surface area contributed by atoms with E-state index in [1.807, 2.05) is 64.1 Å². The molecule has 2 aromatic rings. The summed E-state index contributed by atoms with van der Waals surface area (Å²) in [6.45, 7) is 24.9. The molecule has 0 spiro atoms. The number of nitrogens with one attached hydrogen (secondary N) is 3. The third-order valence-electron chi connectivity index (χ3n) is 6.61. The first-order valence-corrected chi connectivity index (χ1v) is 15.3. The Morgan fingerprint density at radius 1 is 1.20 bits per heavy atom. The molecule has 8 nitrogen and oxygen atoms in total. The van der Waals surface area contributed by atoms with Crippen molar-refractivity contribution in [2.24, 2.45) is 4.99 Å². The molecule has 0 saturated carbocycles. The van der Waals surface area contributed by atoms with Crippen molar-refractivity contribution >= 4 is 23.1 Å². The number of pyridine rings is 1. The number of rotatable bonds is 9. The van der Waals surface area contributed by atoms with Crippen LogP contribution < -0.4 is 16.0 Å². The summed E-state index contributed by atoms with van der Waals surface area (Å²) in [6.07, 6.45) is 10.1. The van der Waals surface area contributed by atoms with Crippen molar-refractivity contribution in [3.8, 4) is 0 Å². The van der Waals surface area contributed by atoms with Crippen molar-refractivity contribution in [1.29, 1.82) is 0 Å². The number of piperidine rings is 1.